The fourth-order valence-electron chi connectivity index (χ4n) is 2.59. The van der Waals surface area contributed by atoms with E-state index in [1.165, 1.54) is 0 Å². The number of nitrogens with zero attached hydrogens (tertiary/aromatic N) is 2. The van der Waals surface area contributed by atoms with Crippen molar-refractivity contribution < 1.29 is 13.2 Å². The van der Waals surface area contributed by atoms with Crippen molar-refractivity contribution in [3.05, 3.63) is 52.5 Å². The third-order valence-corrected chi connectivity index (χ3v) is 6.31. The molecule has 1 aliphatic rings. The number of rotatable bonds is 4. The molecule has 0 bridgehead atoms. The van der Waals surface area contributed by atoms with Crippen LogP contribution in [0.3, 0.4) is 0 Å². The Hall–Kier alpha value is -1.73. The normalized spacial score (nSPS) is 19.9. The smallest absolute Gasteiger partial charge is 0.273 e. The van der Waals surface area contributed by atoms with Gasteiger partial charge < -0.3 is 4.90 Å². The number of amides is 1. The summed E-state index contributed by atoms with van der Waals surface area (Å²) in [6.07, 6.45) is 2.06. The Labute approximate surface area is 133 Å². The van der Waals surface area contributed by atoms with Crippen molar-refractivity contribution in [3.8, 4) is 0 Å². The summed E-state index contributed by atoms with van der Waals surface area (Å²) in [5, 5.41) is 1.95. The quantitative estimate of drug-likeness (QED) is 0.856. The lowest BCUT2D eigenvalue weighted by molar-refractivity contribution is 0.0677. The van der Waals surface area contributed by atoms with Crippen molar-refractivity contribution in [2.75, 3.05) is 11.5 Å². The number of carbonyl (C=O) groups is 1. The zero-order valence-electron chi connectivity index (χ0n) is 11.9. The van der Waals surface area contributed by atoms with E-state index < -0.39 is 9.84 Å². The number of carbonyl (C=O) groups excluding carboxylic acids is 1. The van der Waals surface area contributed by atoms with Gasteiger partial charge in [0.25, 0.3) is 5.91 Å². The van der Waals surface area contributed by atoms with Gasteiger partial charge in [0.05, 0.1) is 18.1 Å². The molecule has 2 aromatic heterocycles. The van der Waals surface area contributed by atoms with E-state index in [9.17, 15) is 13.2 Å². The molecule has 2 aromatic rings. The third-order valence-electron chi connectivity index (χ3n) is 3.70. The Balaban J connectivity index is 1.87. The lowest BCUT2D eigenvalue weighted by Crippen LogP contribution is -2.40. The lowest BCUT2D eigenvalue weighted by atomic mass is 10.2. The van der Waals surface area contributed by atoms with E-state index in [2.05, 4.69) is 4.98 Å². The maximum atomic E-state index is 12.7. The maximum absolute atomic E-state index is 12.7. The van der Waals surface area contributed by atoms with E-state index in [0.717, 1.165) is 4.88 Å². The minimum atomic E-state index is -3.05. The fourth-order valence-corrected chi connectivity index (χ4v) is 5.03. The van der Waals surface area contributed by atoms with Crippen LogP contribution in [0.1, 0.15) is 21.8 Å². The minimum Gasteiger partial charge on any atom is -0.328 e. The number of sulfone groups is 1. The average Bonchev–Trinajstić information content (AvgIpc) is 3.14. The van der Waals surface area contributed by atoms with Gasteiger partial charge in [-0.25, -0.2) is 8.42 Å². The minimum absolute atomic E-state index is 0.0386. The summed E-state index contributed by atoms with van der Waals surface area (Å²) in [5.74, 6) is -0.0264. The van der Waals surface area contributed by atoms with Crippen molar-refractivity contribution >= 4 is 27.1 Å². The number of pyridine rings is 1. The van der Waals surface area contributed by atoms with Gasteiger partial charge in [-0.15, -0.1) is 11.3 Å². The maximum Gasteiger partial charge on any atom is 0.273 e. The van der Waals surface area contributed by atoms with Crippen molar-refractivity contribution in [3.63, 3.8) is 0 Å². The molecule has 7 heteroatoms. The summed E-state index contributed by atoms with van der Waals surface area (Å²) in [6.45, 7) is 0.424. The molecule has 1 aliphatic heterocycles. The molecule has 5 nitrogen and oxygen atoms in total. The average molecular weight is 336 g/mol. The molecular formula is C15H16N2O3S2. The van der Waals surface area contributed by atoms with Crippen LogP contribution in [-0.2, 0) is 16.4 Å². The zero-order chi connectivity index (χ0) is 15.6. The van der Waals surface area contributed by atoms with E-state index >= 15 is 0 Å². The molecule has 1 saturated heterocycles. The van der Waals surface area contributed by atoms with Crippen LogP contribution < -0.4 is 0 Å². The molecule has 0 aliphatic carbocycles. The second kappa shape index (κ2) is 6.18. The number of hydrogen-bond donors (Lipinski definition) is 0. The highest BCUT2D eigenvalue weighted by atomic mass is 32.2. The molecule has 1 fully saturated rings. The van der Waals surface area contributed by atoms with Crippen LogP contribution in [0.25, 0.3) is 0 Å². The number of thiophene rings is 1. The first-order valence-corrected chi connectivity index (χ1v) is 9.70. The first-order chi connectivity index (χ1) is 10.6. The van der Waals surface area contributed by atoms with Crippen molar-refractivity contribution in [1.82, 2.24) is 9.88 Å². The van der Waals surface area contributed by atoms with Crippen molar-refractivity contribution in [1.29, 1.82) is 0 Å². The van der Waals surface area contributed by atoms with Gasteiger partial charge >= 0.3 is 0 Å². The summed E-state index contributed by atoms with van der Waals surface area (Å²) < 4.78 is 23.5. The second-order valence-electron chi connectivity index (χ2n) is 5.28. The van der Waals surface area contributed by atoms with Gasteiger partial charge in [-0.1, -0.05) is 12.1 Å². The summed E-state index contributed by atoms with van der Waals surface area (Å²) in [6, 6.07) is 8.77. The Morgan fingerprint density at radius 1 is 1.32 bits per heavy atom. The molecule has 0 aromatic carbocycles. The molecule has 116 valence electrons. The van der Waals surface area contributed by atoms with E-state index in [-0.39, 0.29) is 23.5 Å². The SMILES string of the molecule is O=C(c1ccccn1)N(Cc1cccs1)[C@@H]1CCS(=O)(=O)C1. The molecule has 0 spiro atoms. The van der Waals surface area contributed by atoms with Gasteiger partial charge in [-0.05, 0) is 30.0 Å². The molecule has 1 atom stereocenters. The number of hydrogen-bond acceptors (Lipinski definition) is 5. The molecule has 22 heavy (non-hydrogen) atoms. The molecule has 0 saturated carbocycles. The fraction of sp³-hybridized carbons (Fsp3) is 0.333. The number of aromatic nitrogens is 1. The topological polar surface area (TPSA) is 67.3 Å². The van der Waals surface area contributed by atoms with E-state index in [0.29, 0.717) is 18.7 Å². The zero-order valence-corrected chi connectivity index (χ0v) is 13.5. The summed E-state index contributed by atoms with van der Waals surface area (Å²) in [5.41, 5.74) is 0.350. The van der Waals surface area contributed by atoms with Gasteiger partial charge in [0.15, 0.2) is 9.84 Å². The van der Waals surface area contributed by atoms with Crippen LogP contribution in [0.15, 0.2) is 41.9 Å². The first-order valence-electron chi connectivity index (χ1n) is 7.00. The predicted molar refractivity (Wildman–Crippen MR) is 85.5 cm³/mol. The Kier molecular flexibility index (Phi) is 4.26. The van der Waals surface area contributed by atoms with E-state index in [4.69, 9.17) is 0 Å². The van der Waals surface area contributed by atoms with Crippen LogP contribution in [0.2, 0.25) is 0 Å². The largest absolute Gasteiger partial charge is 0.328 e. The van der Waals surface area contributed by atoms with Gasteiger partial charge in [-0.3, -0.25) is 9.78 Å². The standard InChI is InChI=1S/C15H16N2O3S2/c18-15(14-5-1-2-7-16-14)17(10-13-4-3-8-21-13)12-6-9-22(19,20)11-12/h1-5,7-8,12H,6,9-11H2/t12-/m1/s1. The van der Waals surface area contributed by atoms with Gasteiger partial charge in [0, 0.05) is 17.1 Å². The van der Waals surface area contributed by atoms with E-state index in [1.54, 1.807) is 40.6 Å². The highest BCUT2D eigenvalue weighted by Gasteiger charge is 2.35. The summed E-state index contributed by atoms with van der Waals surface area (Å²) in [4.78, 5) is 19.5. The molecule has 1 amide bonds. The van der Waals surface area contributed by atoms with Crippen LogP contribution in [0, 0.1) is 0 Å². The van der Waals surface area contributed by atoms with Crippen molar-refractivity contribution in [2.24, 2.45) is 0 Å². The highest BCUT2D eigenvalue weighted by Crippen LogP contribution is 2.23. The second-order valence-corrected chi connectivity index (χ2v) is 8.55. The molecular weight excluding hydrogens is 320 g/mol. The highest BCUT2D eigenvalue weighted by molar-refractivity contribution is 7.91. The van der Waals surface area contributed by atoms with Gasteiger partial charge in [0.1, 0.15) is 5.69 Å². The molecule has 0 N–H and O–H groups in total. The predicted octanol–water partition coefficient (Wildman–Crippen LogP) is 1.97. The Bertz CT molecular complexity index is 742. The Morgan fingerprint density at radius 3 is 2.77 bits per heavy atom. The first kappa shape index (κ1) is 15.2. The summed E-state index contributed by atoms with van der Waals surface area (Å²) in [7, 11) is -3.05. The van der Waals surface area contributed by atoms with Crippen LogP contribution in [0.4, 0.5) is 0 Å². The van der Waals surface area contributed by atoms with E-state index in [1.807, 2.05) is 17.5 Å². The molecule has 3 heterocycles. The van der Waals surface area contributed by atoms with Crippen LogP contribution >= 0.6 is 11.3 Å². The van der Waals surface area contributed by atoms with Crippen LogP contribution in [-0.4, -0.2) is 41.8 Å². The van der Waals surface area contributed by atoms with Crippen LogP contribution in [0.5, 0.6) is 0 Å². The lowest BCUT2D eigenvalue weighted by Gasteiger charge is -2.27. The third kappa shape index (κ3) is 3.36. The molecule has 0 radical (unpaired) electrons. The molecule has 0 unspecified atom stereocenters. The summed E-state index contributed by atoms with van der Waals surface area (Å²) >= 11 is 1.56. The Morgan fingerprint density at radius 2 is 2.18 bits per heavy atom. The molecule has 3 rings (SSSR count). The van der Waals surface area contributed by atoms with Crippen molar-refractivity contribution in [2.45, 2.75) is 19.0 Å². The van der Waals surface area contributed by atoms with Gasteiger partial charge in [-0.2, -0.15) is 0 Å². The monoisotopic (exact) mass is 336 g/mol. The van der Waals surface area contributed by atoms with Gasteiger partial charge in [0.2, 0.25) is 0 Å².